The fourth-order valence-electron chi connectivity index (χ4n) is 4.91. The second-order valence-corrected chi connectivity index (χ2v) is 8.90. The Morgan fingerprint density at radius 2 is 1.67 bits per heavy atom. The lowest BCUT2D eigenvalue weighted by Gasteiger charge is -2.25. The molecule has 168 valence electrons. The van der Waals surface area contributed by atoms with Gasteiger partial charge in [-0.3, -0.25) is 0 Å². The molecule has 1 aliphatic carbocycles. The zero-order valence-electron chi connectivity index (χ0n) is 18.7. The van der Waals surface area contributed by atoms with Crippen LogP contribution in [0.15, 0.2) is 72.8 Å². The number of hydrogen-bond acceptors (Lipinski definition) is 3. The number of carboxylic acids is 1. The van der Waals surface area contributed by atoms with Gasteiger partial charge >= 0.3 is 5.97 Å². The molecule has 0 saturated heterocycles. The van der Waals surface area contributed by atoms with Gasteiger partial charge in [-0.05, 0) is 48.2 Å². The molecule has 5 heteroatoms. The molecule has 33 heavy (non-hydrogen) atoms. The number of carboxylic acid groups (broad SMARTS) is 1. The minimum absolute atomic E-state index is 0.279. The maximum absolute atomic E-state index is 11.5. The lowest BCUT2D eigenvalue weighted by Crippen LogP contribution is -2.14. The maximum Gasteiger partial charge on any atom is 0.335 e. The smallest absolute Gasteiger partial charge is 0.335 e. The van der Waals surface area contributed by atoms with Gasteiger partial charge in [0.25, 0.3) is 0 Å². The molecule has 0 radical (unpaired) electrons. The molecule has 0 bridgehead atoms. The van der Waals surface area contributed by atoms with Crippen LogP contribution in [-0.4, -0.2) is 20.6 Å². The number of fused-ring (bicyclic) bond motifs is 1. The first kappa shape index (κ1) is 21.4. The summed E-state index contributed by atoms with van der Waals surface area (Å²) in [7, 11) is 0. The molecule has 3 aromatic carbocycles. The summed E-state index contributed by atoms with van der Waals surface area (Å²) in [4.78, 5) is 16.5. The molecule has 5 nitrogen and oxygen atoms in total. The van der Waals surface area contributed by atoms with Gasteiger partial charge in [-0.25, -0.2) is 9.78 Å². The van der Waals surface area contributed by atoms with Crippen molar-refractivity contribution in [3.63, 3.8) is 0 Å². The summed E-state index contributed by atoms with van der Waals surface area (Å²) < 4.78 is 2.36. The SMILES string of the molecule is O=C(O)c1ccc2c(c1)nc(-c1cccc(CNCc3ccccc3)c1)n2C1CCCCC1. The van der Waals surface area contributed by atoms with E-state index in [0.29, 0.717) is 6.04 Å². The lowest BCUT2D eigenvalue weighted by molar-refractivity contribution is 0.0697. The number of hydrogen-bond donors (Lipinski definition) is 2. The van der Waals surface area contributed by atoms with E-state index in [1.807, 2.05) is 12.1 Å². The molecule has 1 fully saturated rings. The fraction of sp³-hybridized carbons (Fsp3) is 0.286. The lowest BCUT2D eigenvalue weighted by atomic mass is 9.94. The van der Waals surface area contributed by atoms with Crippen LogP contribution in [0.5, 0.6) is 0 Å². The van der Waals surface area contributed by atoms with Crippen molar-refractivity contribution in [2.45, 2.75) is 51.2 Å². The Morgan fingerprint density at radius 1 is 0.909 bits per heavy atom. The highest BCUT2D eigenvalue weighted by molar-refractivity contribution is 5.93. The van der Waals surface area contributed by atoms with E-state index in [2.05, 4.69) is 58.4 Å². The molecule has 1 aromatic heterocycles. The van der Waals surface area contributed by atoms with Crippen molar-refractivity contribution >= 4 is 17.0 Å². The zero-order valence-corrected chi connectivity index (χ0v) is 18.7. The van der Waals surface area contributed by atoms with Gasteiger partial charge in [0.2, 0.25) is 0 Å². The van der Waals surface area contributed by atoms with Crippen molar-refractivity contribution in [3.8, 4) is 11.4 Å². The fourth-order valence-corrected chi connectivity index (χ4v) is 4.91. The Labute approximate surface area is 194 Å². The van der Waals surface area contributed by atoms with Crippen LogP contribution in [-0.2, 0) is 13.1 Å². The Kier molecular flexibility index (Phi) is 6.22. The summed E-state index contributed by atoms with van der Waals surface area (Å²) in [6.45, 7) is 1.60. The predicted molar refractivity (Wildman–Crippen MR) is 131 cm³/mol. The van der Waals surface area contributed by atoms with Crippen LogP contribution in [0, 0.1) is 0 Å². The van der Waals surface area contributed by atoms with Gasteiger partial charge in [0, 0.05) is 24.7 Å². The van der Waals surface area contributed by atoms with E-state index in [1.54, 1.807) is 12.1 Å². The topological polar surface area (TPSA) is 67.2 Å². The predicted octanol–water partition coefficient (Wildman–Crippen LogP) is 6.20. The highest BCUT2D eigenvalue weighted by Crippen LogP contribution is 2.36. The Hall–Kier alpha value is -3.44. The standard InChI is InChI=1S/C28H29N3O2/c32-28(33)23-14-15-26-25(17-23)30-27(31(26)24-12-5-2-6-13-24)22-11-7-10-21(16-22)19-29-18-20-8-3-1-4-9-20/h1,3-4,7-11,14-17,24,29H,2,5-6,12-13,18-19H2,(H,32,33). The Balaban J connectivity index is 1.47. The van der Waals surface area contributed by atoms with E-state index in [4.69, 9.17) is 4.98 Å². The van der Waals surface area contributed by atoms with Crippen LogP contribution in [0.25, 0.3) is 22.4 Å². The molecule has 1 aliphatic rings. The summed E-state index contributed by atoms with van der Waals surface area (Å²) in [6.07, 6.45) is 6.00. The monoisotopic (exact) mass is 439 g/mol. The molecule has 1 saturated carbocycles. The van der Waals surface area contributed by atoms with Crippen LogP contribution in [0.3, 0.4) is 0 Å². The number of carbonyl (C=O) groups is 1. The number of nitrogens with zero attached hydrogens (tertiary/aromatic N) is 2. The second kappa shape index (κ2) is 9.59. The summed E-state index contributed by atoms with van der Waals surface area (Å²) in [5.74, 6) is 0.0153. The van der Waals surface area contributed by atoms with E-state index in [1.165, 1.54) is 30.4 Å². The molecule has 5 rings (SSSR count). The van der Waals surface area contributed by atoms with E-state index in [0.717, 1.165) is 48.4 Å². The van der Waals surface area contributed by atoms with Crippen molar-refractivity contribution in [2.75, 3.05) is 0 Å². The average Bonchev–Trinajstić information content (AvgIpc) is 3.24. The third-order valence-corrected chi connectivity index (χ3v) is 6.56. The highest BCUT2D eigenvalue weighted by atomic mass is 16.4. The summed E-state index contributed by atoms with van der Waals surface area (Å²) in [5, 5.41) is 13.0. The zero-order chi connectivity index (χ0) is 22.6. The maximum atomic E-state index is 11.5. The van der Waals surface area contributed by atoms with Crippen LogP contribution < -0.4 is 5.32 Å². The Morgan fingerprint density at radius 3 is 2.45 bits per heavy atom. The van der Waals surface area contributed by atoms with Gasteiger partial charge in [-0.15, -0.1) is 0 Å². The molecular formula is C28H29N3O2. The molecule has 0 spiro atoms. The molecule has 4 aromatic rings. The van der Waals surface area contributed by atoms with Crippen molar-refractivity contribution < 1.29 is 9.90 Å². The Bertz CT molecular complexity index is 1260. The minimum Gasteiger partial charge on any atom is -0.478 e. The van der Waals surface area contributed by atoms with Crippen LogP contribution in [0.1, 0.15) is 59.6 Å². The van der Waals surface area contributed by atoms with Gasteiger partial charge in [0.15, 0.2) is 0 Å². The van der Waals surface area contributed by atoms with Gasteiger partial charge in [-0.2, -0.15) is 0 Å². The largest absolute Gasteiger partial charge is 0.478 e. The molecule has 2 N–H and O–H groups in total. The first-order valence-electron chi connectivity index (χ1n) is 11.8. The number of nitrogens with one attached hydrogen (secondary N) is 1. The molecule has 0 aliphatic heterocycles. The highest BCUT2D eigenvalue weighted by Gasteiger charge is 2.23. The van der Waals surface area contributed by atoms with Gasteiger partial charge < -0.3 is 15.0 Å². The van der Waals surface area contributed by atoms with Gasteiger partial charge in [-0.1, -0.05) is 67.8 Å². The quantitative estimate of drug-likeness (QED) is 0.360. The number of aromatic carboxylic acids is 1. The number of rotatable bonds is 7. The van der Waals surface area contributed by atoms with Gasteiger partial charge in [0.05, 0.1) is 16.6 Å². The second-order valence-electron chi connectivity index (χ2n) is 8.90. The van der Waals surface area contributed by atoms with Crippen molar-refractivity contribution in [2.24, 2.45) is 0 Å². The van der Waals surface area contributed by atoms with Crippen LogP contribution in [0.2, 0.25) is 0 Å². The normalized spacial score (nSPS) is 14.5. The van der Waals surface area contributed by atoms with Gasteiger partial charge in [0.1, 0.15) is 5.82 Å². The van der Waals surface area contributed by atoms with E-state index < -0.39 is 5.97 Å². The average molecular weight is 440 g/mol. The summed E-state index contributed by atoms with van der Waals surface area (Å²) in [6, 6.07) is 24.7. The minimum atomic E-state index is -0.919. The summed E-state index contributed by atoms with van der Waals surface area (Å²) >= 11 is 0. The summed E-state index contributed by atoms with van der Waals surface area (Å²) in [5.41, 5.74) is 5.60. The first-order valence-corrected chi connectivity index (χ1v) is 11.8. The molecule has 0 unspecified atom stereocenters. The molecule has 0 atom stereocenters. The third-order valence-electron chi connectivity index (χ3n) is 6.56. The number of aromatic nitrogens is 2. The molecule has 0 amide bonds. The first-order chi connectivity index (χ1) is 16.2. The van der Waals surface area contributed by atoms with Crippen molar-refractivity contribution in [1.29, 1.82) is 0 Å². The third kappa shape index (κ3) is 4.69. The van der Waals surface area contributed by atoms with E-state index in [-0.39, 0.29) is 5.56 Å². The van der Waals surface area contributed by atoms with Crippen LogP contribution >= 0.6 is 0 Å². The molecular weight excluding hydrogens is 410 g/mol. The van der Waals surface area contributed by atoms with Crippen molar-refractivity contribution in [3.05, 3.63) is 89.5 Å². The van der Waals surface area contributed by atoms with E-state index >= 15 is 0 Å². The van der Waals surface area contributed by atoms with Crippen LogP contribution in [0.4, 0.5) is 0 Å². The number of imidazole rings is 1. The van der Waals surface area contributed by atoms with Crippen molar-refractivity contribution in [1.82, 2.24) is 14.9 Å². The van der Waals surface area contributed by atoms with E-state index in [9.17, 15) is 9.90 Å². The number of benzene rings is 3. The molecule has 1 heterocycles.